The summed E-state index contributed by atoms with van der Waals surface area (Å²) >= 11 is 0. The molecule has 3 heteroatoms. The summed E-state index contributed by atoms with van der Waals surface area (Å²) < 4.78 is 0. The fourth-order valence-electron chi connectivity index (χ4n) is 3.23. The highest BCUT2D eigenvalue weighted by molar-refractivity contribution is 6.01. The lowest BCUT2D eigenvalue weighted by molar-refractivity contribution is 0.0885. The van der Waals surface area contributed by atoms with Gasteiger partial charge in [0.1, 0.15) is 0 Å². The molecule has 140 valence electrons. The number of ketones is 3. The van der Waals surface area contributed by atoms with Crippen LogP contribution in [0, 0.1) is 5.92 Å². The predicted molar refractivity (Wildman–Crippen MR) is 110 cm³/mol. The first-order valence-corrected chi connectivity index (χ1v) is 9.38. The van der Waals surface area contributed by atoms with Crippen molar-refractivity contribution in [2.24, 2.45) is 5.92 Å². The van der Waals surface area contributed by atoms with E-state index in [-0.39, 0.29) is 42.5 Å². The topological polar surface area (TPSA) is 51.2 Å². The van der Waals surface area contributed by atoms with Crippen molar-refractivity contribution in [2.45, 2.75) is 19.3 Å². The van der Waals surface area contributed by atoms with E-state index in [0.29, 0.717) is 16.7 Å². The smallest absolute Gasteiger partial charge is 0.163 e. The minimum atomic E-state index is -0.340. The van der Waals surface area contributed by atoms with Crippen LogP contribution >= 0.6 is 0 Å². The van der Waals surface area contributed by atoms with Crippen molar-refractivity contribution >= 4 is 17.3 Å². The van der Waals surface area contributed by atoms with E-state index in [1.165, 1.54) is 0 Å². The van der Waals surface area contributed by atoms with Gasteiger partial charge in [0.25, 0.3) is 0 Å². The van der Waals surface area contributed by atoms with E-state index in [9.17, 15) is 14.4 Å². The molecule has 0 bridgehead atoms. The third-order valence-electron chi connectivity index (χ3n) is 4.71. The zero-order valence-electron chi connectivity index (χ0n) is 15.6. The maximum absolute atomic E-state index is 12.7. The number of carbonyl (C=O) groups excluding carboxylic acids is 3. The molecular formula is C25H22O3. The molecular weight excluding hydrogens is 348 g/mol. The molecule has 0 amide bonds. The van der Waals surface area contributed by atoms with Crippen LogP contribution in [0.15, 0.2) is 91.0 Å². The lowest BCUT2D eigenvalue weighted by atomic mass is 9.87. The Bertz CT molecular complexity index is 804. The summed E-state index contributed by atoms with van der Waals surface area (Å²) in [5.41, 5.74) is 1.81. The molecule has 3 rings (SSSR count). The van der Waals surface area contributed by atoms with Crippen LogP contribution in [-0.4, -0.2) is 17.3 Å². The number of rotatable bonds is 9. The van der Waals surface area contributed by atoms with E-state index in [1.54, 1.807) is 36.4 Å². The van der Waals surface area contributed by atoms with Gasteiger partial charge in [-0.3, -0.25) is 14.4 Å². The Morgan fingerprint density at radius 2 is 0.714 bits per heavy atom. The number of hydrogen-bond acceptors (Lipinski definition) is 3. The second-order valence-corrected chi connectivity index (χ2v) is 6.85. The van der Waals surface area contributed by atoms with Gasteiger partial charge in [0.2, 0.25) is 0 Å². The van der Waals surface area contributed by atoms with Gasteiger partial charge >= 0.3 is 0 Å². The number of carbonyl (C=O) groups is 3. The monoisotopic (exact) mass is 370 g/mol. The van der Waals surface area contributed by atoms with Gasteiger partial charge in [0.15, 0.2) is 17.3 Å². The third kappa shape index (κ3) is 5.34. The molecule has 0 aromatic heterocycles. The van der Waals surface area contributed by atoms with E-state index >= 15 is 0 Å². The fraction of sp³-hybridized carbons (Fsp3) is 0.160. The molecule has 0 atom stereocenters. The van der Waals surface area contributed by atoms with E-state index in [1.807, 2.05) is 54.6 Å². The molecule has 0 aliphatic rings. The van der Waals surface area contributed by atoms with E-state index in [0.717, 1.165) is 0 Å². The molecule has 0 saturated heterocycles. The standard InChI is InChI=1S/C25H22O3/c26-23(20-10-4-1-5-11-20)16-19(17-24(27)21-12-6-2-7-13-21)18-25(28)22-14-8-3-9-15-22/h1-15,19H,16-18H2. The van der Waals surface area contributed by atoms with Gasteiger partial charge in [-0.15, -0.1) is 0 Å². The van der Waals surface area contributed by atoms with Crippen LogP contribution in [0.5, 0.6) is 0 Å². The molecule has 0 heterocycles. The quantitative estimate of drug-likeness (QED) is 0.473. The molecule has 0 aliphatic heterocycles. The SMILES string of the molecule is O=C(CC(CC(=O)c1ccccc1)CC(=O)c1ccccc1)c1ccccc1. The molecule has 0 radical (unpaired) electrons. The molecule has 0 fully saturated rings. The summed E-state index contributed by atoms with van der Waals surface area (Å²) in [5, 5.41) is 0. The fourth-order valence-corrected chi connectivity index (χ4v) is 3.23. The second kappa shape index (κ2) is 9.56. The van der Waals surface area contributed by atoms with Crippen molar-refractivity contribution in [3.05, 3.63) is 108 Å². The van der Waals surface area contributed by atoms with Crippen LogP contribution < -0.4 is 0 Å². The Hall–Kier alpha value is -3.33. The number of hydrogen-bond donors (Lipinski definition) is 0. The lowest BCUT2D eigenvalue weighted by Crippen LogP contribution is -2.17. The van der Waals surface area contributed by atoms with Gasteiger partial charge in [0.05, 0.1) is 0 Å². The first-order chi connectivity index (χ1) is 13.6. The van der Waals surface area contributed by atoms with E-state index in [2.05, 4.69) is 0 Å². The Morgan fingerprint density at radius 1 is 0.464 bits per heavy atom. The van der Waals surface area contributed by atoms with Gasteiger partial charge < -0.3 is 0 Å². The Balaban J connectivity index is 1.76. The molecule has 0 N–H and O–H groups in total. The first kappa shape index (κ1) is 19.4. The van der Waals surface area contributed by atoms with Crippen molar-refractivity contribution in [3.63, 3.8) is 0 Å². The van der Waals surface area contributed by atoms with Crippen LogP contribution in [0.1, 0.15) is 50.3 Å². The van der Waals surface area contributed by atoms with Gasteiger partial charge in [-0.25, -0.2) is 0 Å². The molecule has 0 saturated carbocycles. The summed E-state index contributed by atoms with van der Waals surface area (Å²) in [4.78, 5) is 38.0. The highest BCUT2D eigenvalue weighted by Crippen LogP contribution is 2.22. The third-order valence-corrected chi connectivity index (χ3v) is 4.71. The van der Waals surface area contributed by atoms with Crippen LogP contribution in [-0.2, 0) is 0 Å². The van der Waals surface area contributed by atoms with Crippen LogP contribution in [0.2, 0.25) is 0 Å². The van der Waals surface area contributed by atoms with Crippen LogP contribution in [0.4, 0.5) is 0 Å². The lowest BCUT2D eigenvalue weighted by Gasteiger charge is -2.15. The largest absolute Gasteiger partial charge is 0.294 e. The minimum absolute atomic E-state index is 0.0488. The van der Waals surface area contributed by atoms with Gasteiger partial charge in [-0.05, 0) is 5.92 Å². The zero-order valence-corrected chi connectivity index (χ0v) is 15.6. The number of Topliss-reactive ketones (excluding diaryl/α,β-unsaturated/α-hetero) is 3. The van der Waals surface area contributed by atoms with Crippen LogP contribution in [0.3, 0.4) is 0 Å². The van der Waals surface area contributed by atoms with Gasteiger partial charge in [-0.2, -0.15) is 0 Å². The van der Waals surface area contributed by atoms with Crippen LogP contribution in [0.25, 0.3) is 0 Å². The molecule has 0 spiro atoms. The normalized spacial score (nSPS) is 10.6. The molecule has 3 nitrogen and oxygen atoms in total. The Morgan fingerprint density at radius 3 is 0.964 bits per heavy atom. The maximum atomic E-state index is 12.7. The molecule has 28 heavy (non-hydrogen) atoms. The Labute approximate surface area is 165 Å². The average Bonchev–Trinajstić information content (AvgIpc) is 2.75. The first-order valence-electron chi connectivity index (χ1n) is 9.38. The summed E-state index contributed by atoms with van der Waals surface area (Å²) in [6.07, 6.45) is 0.503. The molecule has 3 aromatic rings. The predicted octanol–water partition coefficient (Wildman–Crippen LogP) is 5.42. The highest BCUT2D eigenvalue weighted by atomic mass is 16.1. The minimum Gasteiger partial charge on any atom is -0.294 e. The molecule has 0 aliphatic carbocycles. The summed E-state index contributed by atoms with van der Waals surface area (Å²) in [6.45, 7) is 0. The van der Waals surface area contributed by atoms with Gasteiger partial charge in [-0.1, -0.05) is 91.0 Å². The maximum Gasteiger partial charge on any atom is 0.163 e. The van der Waals surface area contributed by atoms with Crippen molar-refractivity contribution in [3.8, 4) is 0 Å². The second-order valence-electron chi connectivity index (χ2n) is 6.85. The highest BCUT2D eigenvalue weighted by Gasteiger charge is 2.22. The molecule has 3 aromatic carbocycles. The summed E-state index contributed by atoms with van der Waals surface area (Å²) in [5.74, 6) is -0.486. The number of benzene rings is 3. The van der Waals surface area contributed by atoms with Crippen molar-refractivity contribution in [2.75, 3.05) is 0 Å². The zero-order chi connectivity index (χ0) is 19.8. The van der Waals surface area contributed by atoms with Crippen molar-refractivity contribution in [1.29, 1.82) is 0 Å². The molecule has 0 unspecified atom stereocenters. The van der Waals surface area contributed by atoms with Gasteiger partial charge in [0, 0.05) is 36.0 Å². The average molecular weight is 370 g/mol. The van der Waals surface area contributed by atoms with Crippen molar-refractivity contribution < 1.29 is 14.4 Å². The summed E-state index contributed by atoms with van der Waals surface area (Å²) in [7, 11) is 0. The summed E-state index contributed by atoms with van der Waals surface area (Å²) in [6, 6.07) is 27.0. The van der Waals surface area contributed by atoms with E-state index in [4.69, 9.17) is 0 Å². The van der Waals surface area contributed by atoms with Crippen molar-refractivity contribution in [1.82, 2.24) is 0 Å². The Kier molecular flexibility index (Phi) is 6.64. The van der Waals surface area contributed by atoms with E-state index < -0.39 is 0 Å².